The van der Waals surface area contributed by atoms with Crippen molar-refractivity contribution in [2.75, 3.05) is 0 Å². The van der Waals surface area contributed by atoms with E-state index in [1.165, 1.54) is 0 Å². The first-order chi connectivity index (χ1) is 13.3. The van der Waals surface area contributed by atoms with E-state index in [1.807, 2.05) is 24.3 Å². The minimum Gasteiger partial charge on any atom is -0.287 e. The van der Waals surface area contributed by atoms with E-state index in [0.717, 1.165) is 19.3 Å². The monoisotopic (exact) mass is 395 g/mol. The van der Waals surface area contributed by atoms with Gasteiger partial charge in [0.15, 0.2) is 0 Å². The molecule has 0 amide bonds. The van der Waals surface area contributed by atoms with Gasteiger partial charge in [-0.15, -0.1) is 0 Å². The van der Waals surface area contributed by atoms with Crippen molar-refractivity contribution in [3.05, 3.63) is 79.0 Å². The quantitative estimate of drug-likeness (QED) is 0.135. The molecule has 0 aromatic heterocycles. The highest BCUT2D eigenvalue weighted by Gasteiger charge is 2.70. The predicted octanol–water partition coefficient (Wildman–Crippen LogP) is 3.67. The second-order valence-corrected chi connectivity index (χ2v) is 5.79. The topological polar surface area (TPSA) is 146 Å². The van der Waals surface area contributed by atoms with Crippen molar-refractivity contribution in [1.82, 2.24) is 0 Å². The Kier molecular flexibility index (Phi) is 12.4. The van der Waals surface area contributed by atoms with Crippen LogP contribution < -0.4 is 0 Å². The van der Waals surface area contributed by atoms with Gasteiger partial charge in [0.1, 0.15) is 9.85 Å². The minimum absolute atomic E-state index is 0.000419. The molecule has 154 valence electrons. The van der Waals surface area contributed by atoms with Gasteiger partial charge in [0.05, 0.1) is 0 Å². The first kappa shape index (κ1) is 24.8. The van der Waals surface area contributed by atoms with Crippen LogP contribution in [0.1, 0.15) is 45.4 Å². The molecule has 0 saturated carbocycles. The fourth-order valence-corrected chi connectivity index (χ4v) is 2.30. The van der Waals surface area contributed by atoms with Crippen LogP contribution in [0.15, 0.2) is 48.6 Å². The molecule has 0 aliphatic heterocycles. The zero-order valence-electron chi connectivity index (χ0n) is 15.7. The molecule has 1 atom stereocenters. The maximum Gasteiger partial charge on any atom is 0.577 e. The summed E-state index contributed by atoms with van der Waals surface area (Å²) < 4.78 is 0. The van der Waals surface area contributed by atoms with Gasteiger partial charge in [-0.05, 0) is 32.1 Å². The van der Waals surface area contributed by atoms with Gasteiger partial charge in [0.2, 0.25) is 0 Å². The van der Waals surface area contributed by atoms with Crippen LogP contribution in [0.25, 0.3) is 0 Å². The summed E-state index contributed by atoms with van der Waals surface area (Å²) in [5.74, 6) is 0. The number of carbonyl (C=O) groups excluding carboxylic acids is 1. The van der Waals surface area contributed by atoms with Gasteiger partial charge in [-0.3, -0.25) is 35.1 Å². The average Bonchev–Trinajstić information content (AvgIpc) is 2.63. The molecular weight excluding hydrogens is 370 g/mol. The van der Waals surface area contributed by atoms with Crippen LogP contribution >= 0.6 is 0 Å². The van der Waals surface area contributed by atoms with Crippen LogP contribution in [-0.4, -0.2) is 32.8 Å². The Hall–Kier alpha value is -3.17. The Labute approximate surface area is 162 Å². The Bertz CT molecular complexity index is 640. The van der Waals surface area contributed by atoms with Crippen molar-refractivity contribution in [3.8, 4) is 0 Å². The molecule has 0 radical (unpaired) electrons. The lowest BCUT2D eigenvalue weighted by Crippen LogP contribution is -2.59. The molecule has 0 aromatic rings. The molecule has 0 rings (SSSR count). The highest BCUT2D eigenvalue weighted by Crippen LogP contribution is 2.21. The summed E-state index contributed by atoms with van der Waals surface area (Å²) >= 11 is 0. The van der Waals surface area contributed by atoms with E-state index in [4.69, 9.17) is 0 Å². The van der Waals surface area contributed by atoms with Crippen molar-refractivity contribution < 1.29 is 19.6 Å². The number of rotatable bonds is 15. The molecule has 0 bridgehead atoms. The summed E-state index contributed by atoms with van der Waals surface area (Å²) in [4.78, 5) is 39.8. The number of hydrogen-bond donors (Lipinski definition) is 0. The Morgan fingerprint density at radius 1 is 0.786 bits per heavy atom. The first-order valence-electron chi connectivity index (χ1n) is 8.83. The molecule has 28 heavy (non-hydrogen) atoms. The predicted molar refractivity (Wildman–Crippen MR) is 104 cm³/mol. The molecule has 0 saturated heterocycles. The van der Waals surface area contributed by atoms with Crippen LogP contribution in [-0.2, 0) is 4.79 Å². The zero-order valence-corrected chi connectivity index (χ0v) is 15.7. The second kappa shape index (κ2) is 14.0. The fraction of sp³-hybridized carbons (Fsp3) is 0.500. The number of nitro groups is 3. The first-order valence-corrected chi connectivity index (χ1v) is 8.83. The number of nitrogens with zero attached hydrogens (tertiary/aromatic N) is 3. The smallest absolute Gasteiger partial charge is 0.287 e. The van der Waals surface area contributed by atoms with Crippen LogP contribution in [0.5, 0.6) is 0 Å². The van der Waals surface area contributed by atoms with E-state index in [9.17, 15) is 35.1 Å². The van der Waals surface area contributed by atoms with E-state index in [1.54, 1.807) is 12.2 Å². The lowest BCUT2D eigenvalue weighted by Gasteiger charge is -2.14. The number of aldehydes is 1. The Morgan fingerprint density at radius 2 is 1.21 bits per heavy atom. The molecule has 0 aliphatic carbocycles. The van der Waals surface area contributed by atoms with Gasteiger partial charge in [0.25, 0.3) is 6.29 Å². The van der Waals surface area contributed by atoms with Gasteiger partial charge >= 0.3 is 11.7 Å². The van der Waals surface area contributed by atoms with E-state index in [0.29, 0.717) is 6.42 Å². The number of hydrogen-bond acceptors (Lipinski definition) is 7. The maximum absolute atomic E-state index is 11.1. The van der Waals surface area contributed by atoms with Crippen LogP contribution in [0.3, 0.4) is 0 Å². The molecule has 0 fully saturated rings. The highest BCUT2D eigenvalue weighted by molar-refractivity contribution is 5.60. The molecule has 10 nitrogen and oxygen atoms in total. The van der Waals surface area contributed by atoms with Crippen molar-refractivity contribution in [2.24, 2.45) is 0 Å². The Morgan fingerprint density at radius 3 is 1.57 bits per heavy atom. The molecular formula is C18H25N3O7. The van der Waals surface area contributed by atoms with Crippen molar-refractivity contribution in [3.63, 3.8) is 0 Å². The SMILES string of the molecule is CC/C=C/C/C=C/C/C=C/C/C=C/CCC([N+](=O)[O-])C(C=O)([N+](=O)[O-])[N+](=O)[O-]. The van der Waals surface area contributed by atoms with E-state index >= 15 is 0 Å². The average molecular weight is 395 g/mol. The number of allylic oxidation sites excluding steroid dienone is 8. The van der Waals surface area contributed by atoms with Gasteiger partial charge in [-0.1, -0.05) is 55.5 Å². The van der Waals surface area contributed by atoms with E-state index < -0.39 is 39.2 Å². The van der Waals surface area contributed by atoms with Crippen molar-refractivity contribution in [1.29, 1.82) is 0 Å². The summed E-state index contributed by atoms with van der Waals surface area (Å²) in [6.45, 7) is 2.07. The van der Waals surface area contributed by atoms with Crippen LogP contribution in [0, 0.1) is 30.3 Å². The third-order valence-electron chi connectivity index (χ3n) is 3.83. The van der Waals surface area contributed by atoms with Crippen molar-refractivity contribution >= 4 is 6.29 Å². The third kappa shape index (κ3) is 8.02. The standard InChI is InChI=1S/C18H25N3O7/c1-2-3-4-5-6-7-8-9-10-11-12-13-14-15-17(19(23)24)18(16-22,20(25)26)21(27)28/h3-4,6-7,9-10,12-13,16-17H,2,5,8,11,14-15H2,1H3/b4-3+,7-6+,10-9+,13-12+. The van der Waals surface area contributed by atoms with Crippen LogP contribution in [0.2, 0.25) is 0 Å². The molecule has 0 heterocycles. The Balaban J connectivity index is 4.53. The van der Waals surface area contributed by atoms with Gasteiger partial charge in [-0.2, -0.15) is 0 Å². The summed E-state index contributed by atoms with van der Waals surface area (Å²) in [6, 6.07) is -2.25. The molecule has 1 unspecified atom stereocenters. The molecule has 0 spiro atoms. The molecule has 0 N–H and O–H groups in total. The molecule has 0 aliphatic rings. The zero-order chi connectivity index (χ0) is 21.4. The van der Waals surface area contributed by atoms with E-state index in [-0.39, 0.29) is 6.42 Å². The maximum atomic E-state index is 11.1. The second-order valence-electron chi connectivity index (χ2n) is 5.79. The minimum atomic E-state index is -3.48. The van der Waals surface area contributed by atoms with Gasteiger partial charge < -0.3 is 0 Å². The summed E-state index contributed by atoms with van der Waals surface area (Å²) in [5.41, 5.74) is -3.48. The molecule has 10 heteroatoms. The summed E-state index contributed by atoms with van der Waals surface area (Å²) in [5, 5.41) is 33.0. The number of carbonyl (C=O) groups is 1. The van der Waals surface area contributed by atoms with Crippen LogP contribution in [0.4, 0.5) is 0 Å². The highest BCUT2D eigenvalue weighted by atomic mass is 16.7. The van der Waals surface area contributed by atoms with Gasteiger partial charge in [-0.25, -0.2) is 0 Å². The third-order valence-corrected chi connectivity index (χ3v) is 3.83. The largest absolute Gasteiger partial charge is 0.577 e. The normalized spacial score (nSPS) is 13.6. The van der Waals surface area contributed by atoms with E-state index in [2.05, 4.69) is 19.1 Å². The summed E-state index contributed by atoms with van der Waals surface area (Å²) in [6.07, 6.45) is 17.5. The molecule has 0 aromatic carbocycles. The lowest BCUT2D eigenvalue weighted by atomic mass is 9.98. The van der Waals surface area contributed by atoms with Crippen molar-refractivity contribution in [2.45, 2.75) is 57.2 Å². The summed E-state index contributed by atoms with van der Waals surface area (Å²) in [7, 11) is 0. The van der Waals surface area contributed by atoms with Gasteiger partial charge in [0, 0.05) is 11.3 Å². The lowest BCUT2D eigenvalue weighted by molar-refractivity contribution is -0.812. The fourth-order valence-electron chi connectivity index (χ4n) is 2.30.